The number of hydrogen-bond acceptors (Lipinski definition) is 6. The summed E-state index contributed by atoms with van der Waals surface area (Å²) in [5.41, 5.74) is 0.419. The van der Waals surface area contributed by atoms with E-state index in [4.69, 9.17) is 31.7 Å². The fraction of sp³-hybridized carbons (Fsp3) is 0.182. The zero-order valence-electron chi connectivity index (χ0n) is 10.2. The molecule has 106 valence electrons. The number of esters is 1. The topological polar surface area (TPSA) is 78.4 Å². The number of fused-ring (bicyclic) bond motifs is 1. The summed E-state index contributed by atoms with van der Waals surface area (Å²) in [7, 11) is 0. The van der Waals surface area contributed by atoms with Gasteiger partial charge in [0, 0.05) is 22.5 Å². The molecule has 0 atom stereocenters. The summed E-state index contributed by atoms with van der Waals surface area (Å²) in [6.45, 7) is 1.83. The average Bonchev–Trinajstić information content (AvgIpc) is 2.37. The van der Waals surface area contributed by atoms with Crippen molar-refractivity contribution in [1.29, 1.82) is 0 Å². The summed E-state index contributed by atoms with van der Waals surface area (Å²) in [5, 5.41) is 0.432. The van der Waals surface area contributed by atoms with Crippen LogP contribution in [0.4, 0.5) is 0 Å². The second-order valence-electron chi connectivity index (χ2n) is 3.60. The lowest BCUT2D eigenvalue weighted by Gasteiger charge is -2.09. The van der Waals surface area contributed by atoms with Gasteiger partial charge in [-0.3, -0.25) is 0 Å². The van der Waals surface area contributed by atoms with Crippen LogP contribution in [0.3, 0.4) is 0 Å². The first-order chi connectivity index (χ1) is 9.40. The molecule has 0 radical (unpaired) electrons. The molecule has 0 fully saturated rings. The van der Waals surface area contributed by atoms with E-state index in [0.29, 0.717) is 10.9 Å². The molecule has 0 aliphatic heterocycles. The van der Waals surface area contributed by atoms with Gasteiger partial charge in [-0.05, 0) is 19.1 Å². The van der Waals surface area contributed by atoms with Gasteiger partial charge in [-0.15, -0.1) is 0 Å². The second-order valence-corrected chi connectivity index (χ2v) is 7.80. The molecule has 0 bridgehead atoms. The molecule has 0 saturated carbocycles. The third-order valence-corrected chi connectivity index (χ3v) is 3.02. The van der Waals surface area contributed by atoms with Crippen LogP contribution in [-0.2, 0) is 9.30 Å². The predicted molar refractivity (Wildman–Crippen MR) is 75.4 cm³/mol. The van der Waals surface area contributed by atoms with E-state index in [-0.39, 0.29) is 18.3 Å². The van der Waals surface area contributed by atoms with Gasteiger partial charge in [0.25, 0.3) is 0 Å². The van der Waals surface area contributed by atoms with E-state index < -0.39 is 12.0 Å². The van der Waals surface area contributed by atoms with Crippen molar-refractivity contribution in [2.24, 2.45) is 0 Å². The summed E-state index contributed by atoms with van der Waals surface area (Å²) in [6, 6.07) is 6.69. The summed E-state index contributed by atoms with van der Waals surface area (Å²) < 4.78 is 21.1. The lowest BCUT2D eigenvalue weighted by atomic mass is 10.2. The van der Waals surface area contributed by atoms with Gasteiger partial charge in [0.05, 0.1) is 17.5 Å². The lowest BCUT2D eigenvalue weighted by molar-refractivity contribution is 0.0511. The van der Waals surface area contributed by atoms with Crippen LogP contribution in [0.2, 0.25) is 0 Å². The SMILES string of the molecule is CCOC(=O)c1nc(OP(=O)(Cl)Cl)c2ccccc2n1. The van der Waals surface area contributed by atoms with E-state index in [9.17, 15) is 9.36 Å². The highest BCUT2D eigenvalue weighted by Crippen LogP contribution is 2.57. The van der Waals surface area contributed by atoms with Gasteiger partial charge in [0.1, 0.15) is 0 Å². The Hall–Kier alpha value is -1.36. The zero-order valence-corrected chi connectivity index (χ0v) is 12.7. The monoisotopic (exact) mass is 334 g/mol. The molecule has 20 heavy (non-hydrogen) atoms. The molecule has 1 aromatic carbocycles. The van der Waals surface area contributed by atoms with Crippen LogP contribution in [0.1, 0.15) is 17.5 Å². The number of carbonyl (C=O) groups excluding carboxylic acids is 1. The van der Waals surface area contributed by atoms with Crippen LogP contribution in [0, 0.1) is 0 Å². The average molecular weight is 335 g/mol. The third-order valence-electron chi connectivity index (χ3n) is 2.22. The van der Waals surface area contributed by atoms with Gasteiger partial charge in [0.2, 0.25) is 11.7 Å². The number of carbonyl (C=O) groups is 1. The number of benzene rings is 1. The molecule has 9 heteroatoms. The third kappa shape index (κ3) is 3.60. The van der Waals surface area contributed by atoms with Crippen molar-refractivity contribution in [3.05, 3.63) is 30.1 Å². The Labute approximate surface area is 124 Å². The van der Waals surface area contributed by atoms with Gasteiger partial charge >= 0.3 is 12.0 Å². The number of ether oxygens (including phenoxy) is 1. The van der Waals surface area contributed by atoms with Crippen LogP contribution >= 0.6 is 28.6 Å². The van der Waals surface area contributed by atoms with Gasteiger partial charge < -0.3 is 9.26 Å². The largest absolute Gasteiger partial charge is 0.460 e. The normalized spacial score (nSPS) is 11.3. The smallest absolute Gasteiger partial charge is 0.429 e. The molecule has 0 aliphatic rings. The van der Waals surface area contributed by atoms with Gasteiger partial charge in [-0.1, -0.05) is 12.1 Å². The van der Waals surface area contributed by atoms with Crippen molar-refractivity contribution in [3.8, 4) is 5.88 Å². The molecule has 2 rings (SSSR count). The molecule has 0 aliphatic carbocycles. The van der Waals surface area contributed by atoms with E-state index in [1.165, 1.54) is 0 Å². The van der Waals surface area contributed by atoms with Crippen LogP contribution < -0.4 is 4.52 Å². The molecule has 0 saturated heterocycles. The highest BCUT2D eigenvalue weighted by molar-refractivity contribution is 8.05. The summed E-state index contributed by atoms with van der Waals surface area (Å²) >= 11 is 10.8. The van der Waals surface area contributed by atoms with Gasteiger partial charge in [-0.25, -0.2) is 14.3 Å². The molecule has 0 amide bonds. The molecule has 2 aromatic rings. The Balaban J connectivity index is 2.58. The first-order valence-electron chi connectivity index (χ1n) is 5.53. The number of rotatable bonds is 4. The van der Waals surface area contributed by atoms with Crippen LogP contribution in [0.5, 0.6) is 5.88 Å². The Morgan fingerprint density at radius 2 is 2.00 bits per heavy atom. The summed E-state index contributed by atoms with van der Waals surface area (Å²) in [5.74, 6) is -1.07. The molecule has 0 unspecified atom stereocenters. The first kappa shape index (κ1) is 15.0. The van der Waals surface area contributed by atoms with E-state index >= 15 is 0 Å². The van der Waals surface area contributed by atoms with E-state index in [1.54, 1.807) is 31.2 Å². The van der Waals surface area contributed by atoms with Crippen molar-refractivity contribution in [3.63, 3.8) is 0 Å². The highest BCUT2D eigenvalue weighted by Gasteiger charge is 2.22. The fourth-order valence-corrected chi connectivity index (χ4v) is 2.24. The van der Waals surface area contributed by atoms with Gasteiger partial charge in [-0.2, -0.15) is 4.98 Å². The Morgan fingerprint density at radius 3 is 2.65 bits per heavy atom. The maximum Gasteiger partial charge on any atom is 0.429 e. The molecular formula is C11H9Cl2N2O4P. The zero-order chi connectivity index (χ0) is 14.8. The van der Waals surface area contributed by atoms with E-state index in [0.717, 1.165) is 0 Å². The lowest BCUT2D eigenvalue weighted by Crippen LogP contribution is -2.10. The van der Waals surface area contributed by atoms with Crippen LogP contribution in [-0.4, -0.2) is 22.5 Å². The summed E-state index contributed by atoms with van der Waals surface area (Å²) in [4.78, 5) is 19.6. The van der Waals surface area contributed by atoms with Crippen molar-refractivity contribution >= 4 is 45.4 Å². The Kier molecular flexibility index (Phi) is 4.48. The fourth-order valence-electron chi connectivity index (χ4n) is 1.50. The molecule has 0 spiro atoms. The molecule has 1 aromatic heterocycles. The standard InChI is InChI=1S/C11H9Cl2N2O4P/c1-2-18-11(16)9-14-8-6-4-3-5-7(8)10(15-9)19-20(12,13)17/h3-6H,2H2,1H3. The minimum absolute atomic E-state index is 0.132. The second kappa shape index (κ2) is 5.95. The van der Waals surface area contributed by atoms with Gasteiger partial charge in [0.15, 0.2) is 0 Å². The Bertz CT molecular complexity index is 704. The summed E-state index contributed by atoms with van der Waals surface area (Å²) in [6.07, 6.45) is -3.86. The van der Waals surface area contributed by atoms with Crippen molar-refractivity contribution in [2.45, 2.75) is 6.92 Å². The molecular weight excluding hydrogens is 326 g/mol. The first-order valence-corrected chi connectivity index (χ1v) is 8.97. The maximum atomic E-state index is 11.7. The van der Waals surface area contributed by atoms with Crippen LogP contribution in [0.15, 0.2) is 24.3 Å². The van der Waals surface area contributed by atoms with Crippen molar-refractivity contribution < 1.29 is 18.6 Å². The minimum atomic E-state index is -3.86. The van der Waals surface area contributed by atoms with E-state index in [2.05, 4.69) is 9.97 Å². The molecule has 6 nitrogen and oxygen atoms in total. The molecule has 0 N–H and O–H groups in total. The highest BCUT2D eigenvalue weighted by atomic mass is 35.9. The van der Waals surface area contributed by atoms with Crippen molar-refractivity contribution in [1.82, 2.24) is 9.97 Å². The molecule has 1 heterocycles. The van der Waals surface area contributed by atoms with Crippen LogP contribution in [0.25, 0.3) is 10.9 Å². The Morgan fingerprint density at radius 1 is 1.30 bits per heavy atom. The number of para-hydroxylation sites is 1. The number of nitrogens with zero attached hydrogens (tertiary/aromatic N) is 2. The quantitative estimate of drug-likeness (QED) is 0.625. The minimum Gasteiger partial charge on any atom is -0.460 e. The van der Waals surface area contributed by atoms with Crippen molar-refractivity contribution in [2.75, 3.05) is 6.61 Å². The number of hydrogen-bond donors (Lipinski definition) is 0. The van der Waals surface area contributed by atoms with E-state index in [1.807, 2.05) is 0 Å². The maximum absolute atomic E-state index is 11.7. The number of aromatic nitrogens is 2. The number of halogens is 2. The predicted octanol–water partition coefficient (Wildman–Crippen LogP) is 3.77.